The Morgan fingerprint density at radius 3 is 1.77 bits per heavy atom. The van der Waals surface area contributed by atoms with Gasteiger partial charge in [-0.05, 0) is 75.9 Å². The van der Waals surface area contributed by atoms with Crippen molar-refractivity contribution in [1.82, 2.24) is 0 Å². The van der Waals surface area contributed by atoms with Crippen LogP contribution in [0.3, 0.4) is 0 Å². The predicted molar refractivity (Wildman–Crippen MR) is 115 cm³/mol. The lowest BCUT2D eigenvalue weighted by atomic mass is 9.12. The molecule has 0 N–H and O–H groups in total. The smallest absolute Gasteiger partial charge is 0.0127 e. The maximum atomic E-state index is 2.71. The molecule has 0 nitrogen and oxygen atoms in total. The molecule has 3 aliphatic carbocycles. The predicted octanol–water partition coefficient (Wildman–Crippen LogP) is 8.35. The third-order valence-electron chi connectivity index (χ3n) is 11.3. The Kier molecular flexibility index (Phi) is 4.41. The molecule has 6 atom stereocenters. The second kappa shape index (κ2) is 5.54. The van der Waals surface area contributed by atoms with Gasteiger partial charge in [0.1, 0.15) is 0 Å². The van der Waals surface area contributed by atoms with Crippen molar-refractivity contribution in [1.29, 1.82) is 0 Å². The van der Waals surface area contributed by atoms with E-state index in [9.17, 15) is 0 Å². The highest BCUT2D eigenvalue weighted by Gasteiger charge is 2.88. The van der Waals surface area contributed by atoms with Crippen molar-refractivity contribution in [2.45, 2.75) is 115 Å². The van der Waals surface area contributed by atoms with Crippen molar-refractivity contribution >= 4 is 0 Å². The largest absolute Gasteiger partial charge is 0.0651 e. The lowest BCUT2D eigenvalue weighted by molar-refractivity contribution is -0.443. The molecule has 0 radical (unpaired) electrons. The molecule has 0 bridgehead atoms. The molecular formula is C26H48. The molecule has 0 aromatic rings. The molecule has 0 aromatic carbocycles. The Bertz CT molecular complexity index is 567. The monoisotopic (exact) mass is 360 g/mol. The Labute approximate surface area is 165 Å². The van der Waals surface area contributed by atoms with Gasteiger partial charge in [-0.1, -0.05) is 89.0 Å². The minimum Gasteiger partial charge on any atom is -0.0651 e. The van der Waals surface area contributed by atoms with Crippen molar-refractivity contribution in [3.8, 4) is 0 Å². The van der Waals surface area contributed by atoms with Crippen LogP contribution in [-0.4, -0.2) is 0 Å². The first-order chi connectivity index (χ1) is 11.7. The Morgan fingerprint density at radius 1 is 0.846 bits per heavy atom. The summed E-state index contributed by atoms with van der Waals surface area (Å²) >= 11 is 0. The first kappa shape index (κ1) is 20.7. The number of hydrogen-bond acceptors (Lipinski definition) is 0. The van der Waals surface area contributed by atoms with Crippen LogP contribution in [0.15, 0.2) is 0 Å². The highest BCUT2D eigenvalue weighted by atomic mass is 14.9. The SMILES string of the molecule is CCC(C)CC(CC)C1(C)CC(C)(C)C12CC1(C(C)CC1(C)C)C2(C)C. The third-order valence-corrected chi connectivity index (χ3v) is 11.3. The molecule has 3 aliphatic rings. The second-order valence-corrected chi connectivity index (χ2v) is 13.0. The molecule has 3 rings (SSSR count). The first-order valence-corrected chi connectivity index (χ1v) is 11.7. The summed E-state index contributed by atoms with van der Waals surface area (Å²) in [6, 6.07) is 0. The zero-order valence-corrected chi connectivity index (χ0v) is 20.0. The van der Waals surface area contributed by atoms with Crippen LogP contribution < -0.4 is 0 Å². The lowest BCUT2D eigenvalue weighted by Gasteiger charge is -2.92. The quantitative estimate of drug-likeness (QED) is 0.462. The van der Waals surface area contributed by atoms with Crippen LogP contribution in [0.1, 0.15) is 115 Å². The van der Waals surface area contributed by atoms with Crippen LogP contribution in [0, 0.1) is 50.2 Å². The Hall–Kier alpha value is 0. The summed E-state index contributed by atoms with van der Waals surface area (Å²) in [6.45, 7) is 28.3. The summed E-state index contributed by atoms with van der Waals surface area (Å²) in [6.07, 6.45) is 8.48. The van der Waals surface area contributed by atoms with Crippen molar-refractivity contribution in [3.63, 3.8) is 0 Å². The number of hydrogen-bond donors (Lipinski definition) is 0. The topological polar surface area (TPSA) is 0 Å². The average molecular weight is 361 g/mol. The maximum Gasteiger partial charge on any atom is -0.0127 e. The minimum atomic E-state index is 0.445. The van der Waals surface area contributed by atoms with Crippen molar-refractivity contribution in [2.75, 3.05) is 0 Å². The summed E-state index contributed by atoms with van der Waals surface area (Å²) in [4.78, 5) is 0. The van der Waals surface area contributed by atoms with E-state index in [0.717, 1.165) is 17.8 Å². The maximum absolute atomic E-state index is 2.71. The van der Waals surface area contributed by atoms with Gasteiger partial charge in [-0.2, -0.15) is 0 Å². The van der Waals surface area contributed by atoms with Gasteiger partial charge in [-0.15, -0.1) is 0 Å². The zero-order chi connectivity index (χ0) is 20.0. The first-order valence-electron chi connectivity index (χ1n) is 11.7. The minimum absolute atomic E-state index is 0.445. The van der Waals surface area contributed by atoms with E-state index in [0.29, 0.717) is 32.5 Å². The fourth-order valence-corrected chi connectivity index (χ4v) is 10.6. The molecule has 0 heteroatoms. The van der Waals surface area contributed by atoms with Crippen LogP contribution in [0.25, 0.3) is 0 Å². The molecule has 0 amide bonds. The molecule has 2 spiro atoms. The average Bonchev–Trinajstić information content (AvgIpc) is 2.49. The molecule has 0 aliphatic heterocycles. The summed E-state index contributed by atoms with van der Waals surface area (Å²) < 4.78 is 0. The van der Waals surface area contributed by atoms with Crippen LogP contribution >= 0.6 is 0 Å². The summed E-state index contributed by atoms with van der Waals surface area (Å²) in [5, 5.41) is 0. The van der Waals surface area contributed by atoms with Crippen LogP contribution in [0.4, 0.5) is 0 Å². The van der Waals surface area contributed by atoms with E-state index in [4.69, 9.17) is 0 Å². The molecule has 3 saturated carbocycles. The standard InChI is InChI=1S/C26H48/c1-12-18(3)14-20(13-2)24(11)16-22(7,8)26(24)17-25(23(26,9)10)19(4)15-21(25,5)6/h18-20H,12-17H2,1-11H3. The lowest BCUT2D eigenvalue weighted by Crippen LogP contribution is -2.86. The molecule has 152 valence electrons. The van der Waals surface area contributed by atoms with Gasteiger partial charge in [0.25, 0.3) is 0 Å². The van der Waals surface area contributed by atoms with Gasteiger partial charge in [-0.25, -0.2) is 0 Å². The van der Waals surface area contributed by atoms with Crippen LogP contribution in [0.5, 0.6) is 0 Å². The molecule has 0 saturated heterocycles. The van der Waals surface area contributed by atoms with E-state index in [2.05, 4.69) is 76.2 Å². The molecule has 0 aromatic heterocycles. The van der Waals surface area contributed by atoms with Crippen LogP contribution in [0.2, 0.25) is 0 Å². The fourth-order valence-electron chi connectivity index (χ4n) is 10.6. The van der Waals surface area contributed by atoms with Gasteiger partial charge in [0, 0.05) is 0 Å². The summed E-state index contributed by atoms with van der Waals surface area (Å²) in [7, 11) is 0. The van der Waals surface area contributed by atoms with Crippen LogP contribution in [-0.2, 0) is 0 Å². The van der Waals surface area contributed by atoms with E-state index in [1.54, 1.807) is 0 Å². The van der Waals surface area contributed by atoms with E-state index in [1.807, 2.05) is 0 Å². The van der Waals surface area contributed by atoms with Gasteiger partial charge >= 0.3 is 0 Å². The molecular weight excluding hydrogens is 312 g/mol. The molecule has 26 heavy (non-hydrogen) atoms. The van der Waals surface area contributed by atoms with Gasteiger partial charge in [-0.3, -0.25) is 0 Å². The normalized spacial score (nSPS) is 47.0. The zero-order valence-electron chi connectivity index (χ0n) is 20.0. The Morgan fingerprint density at radius 2 is 1.42 bits per heavy atom. The Balaban J connectivity index is 2.02. The summed E-state index contributed by atoms with van der Waals surface area (Å²) in [5.41, 5.74) is 3.06. The highest BCUT2D eigenvalue weighted by Crippen LogP contribution is 2.94. The van der Waals surface area contributed by atoms with Gasteiger partial charge in [0.15, 0.2) is 0 Å². The number of rotatable bonds is 5. The molecule has 3 fully saturated rings. The summed E-state index contributed by atoms with van der Waals surface area (Å²) in [5.74, 6) is 2.66. The van der Waals surface area contributed by atoms with Gasteiger partial charge in [0.2, 0.25) is 0 Å². The third kappa shape index (κ3) is 1.89. The molecule has 0 heterocycles. The fraction of sp³-hybridized carbons (Fsp3) is 1.00. The van der Waals surface area contributed by atoms with Gasteiger partial charge in [0.05, 0.1) is 0 Å². The van der Waals surface area contributed by atoms with Gasteiger partial charge < -0.3 is 0 Å². The van der Waals surface area contributed by atoms with E-state index in [-0.39, 0.29) is 0 Å². The van der Waals surface area contributed by atoms with Crippen molar-refractivity contribution in [2.24, 2.45) is 50.2 Å². The second-order valence-electron chi connectivity index (χ2n) is 13.0. The van der Waals surface area contributed by atoms with E-state index < -0.39 is 0 Å². The van der Waals surface area contributed by atoms with E-state index >= 15 is 0 Å². The van der Waals surface area contributed by atoms with Crippen molar-refractivity contribution in [3.05, 3.63) is 0 Å². The molecule has 6 unspecified atom stereocenters. The van der Waals surface area contributed by atoms with Crippen molar-refractivity contribution < 1.29 is 0 Å². The highest BCUT2D eigenvalue weighted by molar-refractivity contribution is 5.36. The van der Waals surface area contributed by atoms with E-state index in [1.165, 1.54) is 38.5 Å².